The van der Waals surface area contributed by atoms with Crippen LogP contribution >= 0.6 is 0 Å². The predicted molar refractivity (Wildman–Crippen MR) is 191 cm³/mol. The second kappa shape index (κ2) is 14.8. The molecule has 0 amide bonds. The highest BCUT2D eigenvalue weighted by Gasteiger charge is 2.56. The van der Waals surface area contributed by atoms with Crippen LogP contribution in [0, 0.1) is 6.92 Å². The van der Waals surface area contributed by atoms with E-state index in [0.29, 0.717) is 23.1 Å². The highest BCUT2D eigenvalue weighted by atomic mass is 16.7. The van der Waals surface area contributed by atoms with Crippen LogP contribution < -0.4 is 21.7 Å². The van der Waals surface area contributed by atoms with Crippen molar-refractivity contribution in [1.82, 2.24) is 0 Å². The predicted octanol–water partition coefficient (Wildman–Crippen LogP) is 1.44. The van der Waals surface area contributed by atoms with Gasteiger partial charge in [-0.25, -0.2) is 19.2 Å². The van der Waals surface area contributed by atoms with E-state index in [1.807, 2.05) is 0 Å². The first-order valence-corrected chi connectivity index (χ1v) is 16.9. The summed E-state index contributed by atoms with van der Waals surface area (Å²) in [6.07, 6.45) is -8.10. The van der Waals surface area contributed by atoms with Crippen molar-refractivity contribution in [1.29, 1.82) is 0 Å². The number of methoxy groups -OCH3 is 1. The molecule has 2 saturated heterocycles. The van der Waals surface area contributed by atoms with Crippen molar-refractivity contribution in [2.75, 3.05) is 7.11 Å². The van der Waals surface area contributed by atoms with E-state index in [-0.39, 0.29) is 43.8 Å². The van der Waals surface area contributed by atoms with Gasteiger partial charge >= 0.3 is 23.2 Å². The summed E-state index contributed by atoms with van der Waals surface area (Å²) in [5, 5.41) is 60.9. The zero-order valence-corrected chi connectivity index (χ0v) is 30.0. The number of carboxylic acid groups (broad SMARTS) is 2. The van der Waals surface area contributed by atoms with Crippen LogP contribution in [0.2, 0.25) is 0 Å². The van der Waals surface area contributed by atoms with E-state index in [4.69, 9.17) is 48.5 Å². The monoisotopic (exact) mass is 769 g/mol. The van der Waals surface area contributed by atoms with Gasteiger partial charge < -0.3 is 68.9 Å². The van der Waals surface area contributed by atoms with Gasteiger partial charge in [0.05, 0.1) is 29.0 Å². The van der Waals surface area contributed by atoms with Crippen molar-refractivity contribution >= 4 is 55.4 Å². The molecule has 5 aromatic rings. The van der Waals surface area contributed by atoms with E-state index in [2.05, 4.69) is 0 Å². The number of hydrogen-bond acceptors (Lipinski definition) is 16. The number of aliphatic carboxylic acids is 2. The Kier molecular flexibility index (Phi) is 10.6. The Balaban J connectivity index is 0.000000581. The summed E-state index contributed by atoms with van der Waals surface area (Å²) in [5.41, 5.74) is 3.52. The number of aromatic hydroxyl groups is 1. The molecule has 3 aromatic carbocycles. The zero-order chi connectivity index (χ0) is 40.3. The first-order chi connectivity index (χ1) is 25.9. The summed E-state index contributed by atoms with van der Waals surface area (Å²) in [4.78, 5) is 45.7. The lowest BCUT2D eigenvalue weighted by Crippen LogP contribution is -2.69. The van der Waals surface area contributed by atoms with Gasteiger partial charge in [0, 0.05) is 35.4 Å². The summed E-state index contributed by atoms with van der Waals surface area (Å²) >= 11 is 0. The number of hydrogen-bond donors (Lipinski definition) is 7. The fraction of sp³-hybridized carbons (Fsp3) is 0.405. The molecule has 0 saturated carbocycles. The smallest absolute Gasteiger partial charge is 0.348 e. The molecule has 4 heterocycles. The Labute approximate surface area is 309 Å². The lowest BCUT2D eigenvalue weighted by Gasteiger charge is -2.50. The Hall–Kier alpha value is -5.18. The molecule has 0 aliphatic carbocycles. The maximum Gasteiger partial charge on any atom is 0.348 e. The summed E-state index contributed by atoms with van der Waals surface area (Å²) in [6.45, 7) is 6.21. The SMILES string of the molecule is CO[C@@H]1[C@@H](N)[C@@H](O[C@H]2[C@H](Oc3cccc4c(O)c5c(=O)oc6ccc(C)c7c(=O)oc(c34)c5c67)O[C@H](C)[C@H](O)[C@]2(C)O)O[C@H](C)[C@@H]1O.O=C(O)/C=C\C(=O)O. The van der Waals surface area contributed by atoms with Crippen LogP contribution in [0.15, 0.2) is 60.9 Å². The molecule has 2 aliphatic rings. The molecule has 18 heteroatoms. The Morgan fingerprint density at radius 2 is 1.51 bits per heavy atom. The van der Waals surface area contributed by atoms with Gasteiger partial charge in [-0.1, -0.05) is 18.2 Å². The van der Waals surface area contributed by atoms with Gasteiger partial charge in [-0.2, -0.15) is 0 Å². The average molecular weight is 770 g/mol. The lowest BCUT2D eigenvalue weighted by atomic mass is 9.86. The third kappa shape index (κ3) is 6.87. The number of fused-ring (bicyclic) bond motifs is 2. The number of ether oxygens (including phenoxy) is 5. The number of benzene rings is 3. The molecule has 294 valence electrons. The zero-order valence-electron chi connectivity index (χ0n) is 30.0. The average Bonchev–Trinajstić information content (AvgIpc) is 3.12. The molecule has 0 unspecified atom stereocenters. The third-order valence-corrected chi connectivity index (χ3v) is 9.89. The van der Waals surface area contributed by atoms with Crippen LogP contribution in [0.5, 0.6) is 11.5 Å². The van der Waals surface area contributed by atoms with Crippen LogP contribution in [0.3, 0.4) is 0 Å². The number of carbonyl (C=O) groups is 2. The minimum absolute atomic E-state index is 0.0328. The number of nitrogens with two attached hydrogens (primary N) is 1. The van der Waals surface area contributed by atoms with Crippen molar-refractivity contribution in [3.8, 4) is 11.5 Å². The molecule has 2 aromatic heterocycles. The van der Waals surface area contributed by atoms with Gasteiger partial charge in [-0.05, 0) is 45.4 Å². The summed E-state index contributed by atoms with van der Waals surface area (Å²) in [7, 11) is 1.39. The second-order valence-corrected chi connectivity index (χ2v) is 13.6. The molecule has 2 aliphatic heterocycles. The molecule has 10 atom stereocenters. The highest BCUT2D eigenvalue weighted by Crippen LogP contribution is 2.46. The highest BCUT2D eigenvalue weighted by molar-refractivity contribution is 6.28. The van der Waals surface area contributed by atoms with Gasteiger partial charge in [-0.3, -0.25) is 0 Å². The van der Waals surface area contributed by atoms with Crippen LogP contribution in [0.1, 0.15) is 26.3 Å². The van der Waals surface area contributed by atoms with E-state index in [0.717, 1.165) is 0 Å². The largest absolute Gasteiger partial charge is 0.506 e. The maximum absolute atomic E-state index is 13.4. The van der Waals surface area contributed by atoms with E-state index in [1.54, 1.807) is 32.0 Å². The second-order valence-electron chi connectivity index (χ2n) is 13.6. The van der Waals surface area contributed by atoms with Gasteiger partial charge in [0.1, 0.15) is 46.4 Å². The van der Waals surface area contributed by atoms with E-state index in [9.17, 15) is 39.6 Å². The Morgan fingerprint density at radius 3 is 2.15 bits per heavy atom. The Morgan fingerprint density at radius 1 is 0.873 bits per heavy atom. The van der Waals surface area contributed by atoms with Crippen molar-refractivity contribution < 1.29 is 72.7 Å². The molecule has 55 heavy (non-hydrogen) atoms. The van der Waals surface area contributed by atoms with Crippen molar-refractivity contribution in [2.24, 2.45) is 5.73 Å². The molecule has 7 rings (SSSR count). The van der Waals surface area contributed by atoms with Crippen LogP contribution in [0.25, 0.3) is 43.5 Å². The third-order valence-electron chi connectivity index (χ3n) is 9.89. The van der Waals surface area contributed by atoms with E-state index in [1.165, 1.54) is 33.1 Å². The van der Waals surface area contributed by atoms with Crippen molar-refractivity contribution in [3.05, 3.63) is 68.9 Å². The minimum Gasteiger partial charge on any atom is -0.506 e. The summed E-state index contributed by atoms with van der Waals surface area (Å²) in [6, 6.07) is 6.77. The number of carboxylic acids is 2. The molecule has 0 bridgehead atoms. The molecule has 18 nitrogen and oxygen atoms in total. The lowest BCUT2D eigenvalue weighted by molar-refractivity contribution is -0.356. The number of aliphatic hydroxyl groups is 3. The summed E-state index contributed by atoms with van der Waals surface area (Å²) < 4.78 is 41.2. The molecule has 0 spiro atoms. The first kappa shape index (κ1) is 39.5. The van der Waals surface area contributed by atoms with Crippen LogP contribution in [0.4, 0.5) is 0 Å². The molecular formula is C37H39NO17. The maximum atomic E-state index is 13.4. The van der Waals surface area contributed by atoms with Crippen LogP contribution in [-0.4, -0.2) is 111 Å². The quantitative estimate of drug-likeness (QED) is 0.0533. The van der Waals surface area contributed by atoms with Crippen molar-refractivity contribution in [2.45, 2.75) is 88.5 Å². The van der Waals surface area contributed by atoms with Crippen LogP contribution in [-0.2, 0) is 28.5 Å². The molecule has 0 radical (unpaired) electrons. The fourth-order valence-electron chi connectivity index (χ4n) is 7.10. The minimum atomic E-state index is -1.99. The summed E-state index contributed by atoms with van der Waals surface area (Å²) in [5.74, 6) is -2.90. The molecule has 8 N–H and O–H groups in total. The molecule has 2 fully saturated rings. The number of aliphatic hydroxyl groups excluding tert-OH is 2. The number of phenolic OH excluding ortho intramolecular Hbond substituents is 1. The topological polar surface area (TPSA) is 288 Å². The molecular weight excluding hydrogens is 730 g/mol. The first-order valence-electron chi connectivity index (χ1n) is 16.9. The van der Waals surface area contributed by atoms with E-state index >= 15 is 0 Å². The van der Waals surface area contributed by atoms with Crippen molar-refractivity contribution in [3.63, 3.8) is 0 Å². The number of phenols is 1. The van der Waals surface area contributed by atoms with Gasteiger partial charge in [-0.15, -0.1) is 0 Å². The number of aryl methyl sites for hydroxylation is 1. The van der Waals surface area contributed by atoms with Gasteiger partial charge in [0.25, 0.3) is 0 Å². The van der Waals surface area contributed by atoms with E-state index < -0.39 is 89.8 Å². The fourth-order valence-corrected chi connectivity index (χ4v) is 7.10. The standard InChI is InChI=1S/C33H35NO13.C4H4O4/c1-11-9-10-16-19-17(11)29(38)46-25-18-14(24(36)21(20(19)25)30(39)44-16)7-6-8-15(18)45-32-28(33(4,40)27(37)13(3)43-32)47-31-22(34)26(41-5)23(35)12(2)42-31;5-3(6)1-2-4(7)8/h6-10,12-13,22-23,26-28,31-32,35-37,40H,34H2,1-5H3;1-2H,(H,5,6)(H,7,8)/b;2-1-/t12-,13-,22-,23+,26-,27+,28+,31-,32+,33+;/m1./s1. The normalized spacial score (nSPS) is 29.9. The number of rotatable bonds is 7. The van der Waals surface area contributed by atoms with Gasteiger partial charge in [0.2, 0.25) is 6.29 Å². The Bertz CT molecular complexity index is 2400. The van der Waals surface area contributed by atoms with Gasteiger partial charge in [0.15, 0.2) is 18.0 Å².